The van der Waals surface area contributed by atoms with Gasteiger partial charge in [0.05, 0.1) is 5.56 Å². The molecule has 7 nitrogen and oxygen atoms in total. The highest BCUT2D eigenvalue weighted by molar-refractivity contribution is 5.97. The number of hydrogen-bond donors (Lipinski definition) is 3. The van der Waals surface area contributed by atoms with Crippen molar-refractivity contribution in [3.05, 3.63) is 119 Å². The summed E-state index contributed by atoms with van der Waals surface area (Å²) < 4.78 is 18.8. The van der Waals surface area contributed by atoms with E-state index < -0.39 is 0 Å². The van der Waals surface area contributed by atoms with E-state index in [1.807, 2.05) is 24.3 Å². The lowest BCUT2D eigenvalue weighted by molar-refractivity contribution is 0.0939. The molecule has 0 radical (unpaired) electrons. The van der Waals surface area contributed by atoms with E-state index in [1.165, 1.54) is 36.5 Å². The van der Waals surface area contributed by atoms with Crippen LogP contribution in [0.4, 0.5) is 4.39 Å². The van der Waals surface area contributed by atoms with Crippen LogP contribution in [0.1, 0.15) is 31.8 Å². The Hall–Kier alpha value is -4.72. The van der Waals surface area contributed by atoms with E-state index in [9.17, 15) is 19.1 Å². The molecule has 0 saturated heterocycles. The van der Waals surface area contributed by atoms with Crippen LogP contribution < -0.4 is 15.4 Å². The van der Waals surface area contributed by atoms with E-state index >= 15 is 0 Å². The number of phenols is 1. The second-order valence-electron chi connectivity index (χ2n) is 7.61. The van der Waals surface area contributed by atoms with Gasteiger partial charge in [-0.2, -0.15) is 0 Å². The highest BCUT2D eigenvalue weighted by Gasteiger charge is 2.14. The molecule has 35 heavy (non-hydrogen) atoms. The Kier molecular flexibility index (Phi) is 7.32. The van der Waals surface area contributed by atoms with Gasteiger partial charge in [0, 0.05) is 19.3 Å². The summed E-state index contributed by atoms with van der Waals surface area (Å²) in [7, 11) is 0. The molecule has 4 aromatic rings. The second-order valence-corrected chi connectivity index (χ2v) is 7.61. The van der Waals surface area contributed by atoms with Gasteiger partial charge in [0.2, 0.25) is 5.88 Å². The second kappa shape index (κ2) is 10.9. The number of nitrogens with zero attached hydrogens (tertiary/aromatic N) is 1. The fourth-order valence-electron chi connectivity index (χ4n) is 3.25. The van der Waals surface area contributed by atoms with Crippen LogP contribution in [0.15, 0.2) is 91.1 Å². The molecule has 1 aromatic heterocycles. The molecular weight excluding hydrogens is 449 g/mol. The van der Waals surface area contributed by atoms with Gasteiger partial charge in [-0.05, 0) is 59.7 Å². The number of pyridine rings is 1. The third kappa shape index (κ3) is 6.20. The quantitative estimate of drug-likeness (QED) is 0.349. The van der Waals surface area contributed by atoms with Gasteiger partial charge in [0.1, 0.15) is 22.9 Å². The van der Waals surface area contributed by atoms with Gasteiger partial charge in [-0.15, -0.1) is 0 Å². The minimum Gasteiger partial charge on any atom is -0.507 e. The Morgan fingerprint density at radius 3 is 1.97 bits per heavy atom. The maximum Gasteiger partial charge on any atom is 0.257 e. The van der Waals surface area contributed by atoms with Gasteiger partial charge in [0.15, 0.2) is 0 Å². The van der Waals surface area contributed by atoms with Crippen molar-refractivity contribution in [3.8, 4) is 17.4 Å². The number of aromatic nitrogens is 1. The summed E-state index contributed by atoms with van der Waals surface area (Å²) in [5.74, 6) is -0.712. The number of rotatable bonds is 8. The number of ether oxygens (including phenoxy) is 1. The zero-order chi connectivity index (χ0) is 24.6. The minimum absolute atomic E-state index is 0.0732. The SMILES string of the molecule is O=C(NCc1ccc(CNC(=O)c2cccnc2Oc2ccc(F)cc2)cc1)c1ccccc1O. The fourth-order valence-corrected chi connectivity index (χ4v) is 3.25. The lowest BCUT2D eigenvalue weighted by atomic mass is 10.1. The lowest BCUT2D eigenvalue weighted by Gasteiger charge is -2.11. The third-order valence-corrected chi connectivity index (χ3v) is 5.12. The van der Waals surface area contributed by atoms with Crippen molar-refractivity contribution in [3.63, 3.8) is 0 Å². The van der Waals surface area contributed by atoms with Crippen LogP contribution in [-0.2, 0) is 13.1 Å². The summed E-state index contributed by atoms with van der Waals surface area (Å²) in [5.41, 5.74) is 2.19. The van der Waals surface area contributed by atoms with Gasteiger partial charge in [-0.3, -0.25) is 9.59 Å². The molecule has 3 N–H and O–H groups in total. The number of benzene rings is 3. The maximum atomic E-state index is 13.1. The fraction of sp³-hybridized carbons (Fsp3) is 0.0741. The van der Waals surface area contributed by atoms with Crippen LogP contribution in [-0.4, -0.2) is 21.9 Å². The van der Waals surface area contributed by atoms with Gasteiger partial charge in [-0.1, -0.05) is 36.4 Å². The van der Waals surface area contributed by atoms with Gasteiger partial charge >= 0.3 is 0 Å². The molecule has 176 valence electrons. The number of para-hydroxylation sites is 1. The smallest absolute Gasteiger partial charge is 0.257 e. The Morgan fingerprint density at radius 2 is 1.34 bits per heavy atom. The molecule has 0 bridgehead atoms. The van der Waals surface area contributed by atoms with Gasteiger partial charge in [0.25, 0.3) is 11.8 Å². The monoisotopic (exact) mass is 471 g/mol. The first-order chi connectivity index (χ1) is 17.0. The predicted octanol–water partition coefficient (Wildman–Crippen LogP) is 4.58. The van der Waals surface area contributed by atoms with Crippen molar-refractivity contribution in [2.24, 2.45) is 0 Å². The van der Waals surface area contributed by atoms with Crippen LogP contribution in [0, 0.1) is 5.82 Å². The molecule has 0 spiro atoms. The number of hydrogen-bond acceptors (Lipinski definition) is 5. The third-order valence-electron chi connectivity index (χ3n) is 5.12. The van der Waals surface area contributed by atoms with E-state index in [0.717, 1.165) is 11.1 Å². The highest BCUT2D eigenvalue weighted by atomic mass is 19.1. The Balaban J connectivity index is 1.32. The van der Waals surface area contributed by atoms with Crippen molar-refractivity contribution in [1.82, 2.24) is 15.6 Å². The summed E-state index contributed by atoms with van der Waals surface area (Å²) in [5, 5.41) is 15.4. The molecule has 0 aliphatic heterocycles. The van der Waals surface area contributed by atoms with Crippen LogP contribution >= 0.6 is 0 Å². The molecule has 8 heteroatoms. The van der Waals surface area contributed by atoms with Crippen molar-refractivity contribution in [2.75, 3.05) is 0 Å². The predicted molar refractivity (Wildman–Crippen MR) is 128 cm³/mol. The first-order valence-corrected chi connectivity index (χ1v) is 10.8. The molecule has 0 atom stereocenters. The topological polar surface area (TPSA) is 101 Å². The number of halogens is 1. The van der Waals surface area contributed by atoms with Crippen LogP contribution in [0.3, 0.4) is 0 Å². The number of nitrogens with one attached hydrogen (secondary N) is 2. The van der Waals surface area contributed by atoms with Gasteiger partial charge in [-0.25, -0.2) is 9.37 Å². The minimum atomic E-state index is -0.389. The number of amides is 2. The first-order valence-electron chi connectivity index (χ1n) is 10.8. The van der Waals surface area contributed by atoms with Crippen molar-refractivity contribution in [1.29, 1.82) is 0 Å². The zero-order valence-electron chi connectivity index (χ0n) is 18.6. The Bertz CT molecular complexity index is 1330. The summed E-state index contributed by atoms with van der Waals surface area (Å²) in [4.78, 5) is 29.1. The molecule has 0 aliphatic rings. The number of aromatic hydroxyl groups is 1. The molecule has 0 saturated carbocycles. The van der Waals surface area contributed by atoms with E-state index in [2.05, 4.69) is 15.6 Å². The molecule has 2 amide bonds. The van der Waals surface area contributed by atoms with E-state index in [1.54, 1.807) is 30.3 Å². The first kappa shape index (κ1) is 23.4. The molecule has 0 unspecified atom stereocenters. The average molecular weight is 471 g/mol. The number of carbonyl (C=O) groups is 2. The summed E-state index contributed by atoms with van der Waals surface area (Å²) >= 11 is 0. The summed E-state index contributed by atoms with van der Waals surface area (Å²) in [6.45, 7) is 0.563. The molecule has 0 fully saturated rings. The molecule has 3 aromatic carbocycles. The molecular formula is C27H22FN3O4. The largest absolute Gasteiger partial charge is 0.507 e. The van der Waals surface area contributed by atoms with E-state index in [-0.39, 0.29) is 46.9 Å². The summed E-state index contributed by atoms with van der Waals surface area (Å²) in [6, 6.07) is 22.4. The Morgan fingerprint density at radius 1 is 0.771 bits per heavy atom. The molecule has 1 heterocycles. The van der Waals surface area contributed by atoms with Crippen molar-refractivity contribution >= 4 is 11.8 Å². The van der Waals surface area contributed by atoms with Crippen molar-refractivity contribution in [2.45, 2.75) is 13.1 Å². The molecule has 0 aliphatic carbocycles. The standard InChI is InChI=1S/C27H22FN3O4/c28-20-11-13-21(14-12-20)35-27-23(5-3-15-29-27)26(34)31-17-19-9-7-18(8-10-19)16-30-25(33)22-4-1-2-6-24(22)32/h1-15,32H,16-17H2,(H,30,33)(H,31,34). The normalized spacial score (nSPS) is 10.4. The highest BCUT2D eigenvalue weighted by Crippen LogP contribution is 2.23. The maximum absolute atomic E-state index is 13.1. The van der Waals surface area contributed by atoms with Crippen LogP contribution in [0.5, 0.6) is 17.4 Å². The van der Waals surface area contributed by atoms with E-state index in [4.69, 9.17) is 4.74 Å². The van der Waals surface area contributed by atoms with Crippen molar-refractivity contribution < 1.29 is 23.8 Å². The van der Waals surface area contributed by atoms with Gasteiger partial charge < -0.3 is 20.5 Å². The van der Waals surface area contributed by atoms with Crippen LogP contribution in [0.25, 0.3) is 0 Å². The number of carbonyl (C=O) groups excluding carboxylic acids is 2. The molecule has 4 rings (SSSR count). The number of phenolic OH excluding ortho intramolecular Hbond substituents is 1. The summed E-state index contributed by atoms with van der Waals surface area (Å²) in [6.07, 6.45) is 1.51. The zero-order valence-corrected chi connectivity index (χ0v) is 18.6. The van der Waals surface area contributed by atoms with E-state index in [0.29, 0.717) is 12.3 Å². The van der Waals surface area contributed by atoms with Crippen LogP contribution in [0.2, 0.25) is 0 Å². The Labute approximate surface area is 201 Å². The average Bonchev–Trinajstić information content (AvgIpc) is 2.88. The lowest BCUT2D eigenvalue weighted by Crippen LogP contribution is -2.24.